The van der Waals surface area contributed by atoms with E-state index >= 15 is 0 Å². The fourth-order valence-electron chi connectivity index (χ4n) is 2.62. The van der Waals surface area contributed by atoms with Crippen LogP contribution in [0.4, 0.5) is 0 Å². The van der Waals surface area contributed by atoms with Gasteiger partial charge < -0.3 is 9.42 Å². The molecule has 0 saturated carbocycles. The number of likely N-dealkylation sites (tertiary alicyclic amines) is 1. The third-order valence-electron chi connectivity index (χ3n) is 3.94. The Hall–Kier alpha value is -1.32. The number of rotatable bonds is 2. The van der Waals surface area contributed by atoms with Crippen molar-refractivity contribution in [2.45, 2.75) is 58.9 Å². The largest absolute Gasteiger partial charge is 0.360 e. The quantitative estimate of drug-likeness (QED) is 0.822. The molecule has 0 radical (unpaired) electrons. The maximum absolute atomic E-state index is 12.5. The van der Waals surface area contributed by atoms with E-state index in [1.807, 2.05) is 18.7 Å². The van der Waals surface area contributed by atoms with Crippen molar-refractivity contribution < 1.29 is 9.32 Å². The van der Waals surface area contributed by atoms with E-state index < -0.39 is 0 Å². The normalized spacial score (nSPS) is 24.6. The van der Waals surface area contributed by atoms with Gasteiger partial charge in [0.2, 0.25) is 0 Å². The number of aromatic nitrogens is 1. The van der Waals surface area contributed by atoms with Crippen LogP contribution in [0.1, 0.15) is 69.1 Å². The molecule has 2 atom stereocenters. The van der Waals surface area contributed by atoms with Crippen LogP contribution in [0, 0.1) is 5.92 Å². The molecule has 0 N–H and O–H groups in total. The number of amides is 1. The summed E-state index contributed by atoms with van der Waals surface area (Å²) in [7, 11) is 0. The Labute approximate surface area is 115 Å². The van der Waals surface area contributed by atoms with Gasteiger partial charge in [-0.25, -0.2) is 0 Å². The van der Waals surface area contributed by atoms with Gasteiger partial charge in [0.05, 0.1) is 0 Å². The van der Waals surface area contributed by atoms with Crippen LogP contribution >= 0.6 is 0 Å². The number of carbonyl (C=O) groups is 1. The molecule has 1 saturated heterocycles. The average Bonchev–Trinajstić information content (AvgIpc) is 2.78. The highest BCUT2D eigenvalue weighted by Gasteiger charge is 2.28. The van der Waals surface area contributed by atoms with Crippen LogP contribution in [-0.2, 0) is 0 Å². The monoisotopic (exact) mass is 264 g/mol. The Bertz CT molecular complexity index is 439. The molecule has 1 aromatic heterocycles. The molecule has 19 heavy (non-hydrogen) atoms. The molecule has 1 amide bonds. The third-order valence-corrected chi connectivity index (χ3v) is 3.94. The van der Waals surface area contributed by atoms with E-state index in [9.17, 15) is 4.79 Å². The zero-order valence-corrected chi connectivity index (χ0v) is 12.3. The zero-order chi connectivity index (χ0) is 14.0. The highest BCUT2D eigenvalue weighted by Crippen LogP contribution is 2.23. The van der Waals surface area contributed by atoms with Crippen molar-refractivity contribution in [2.75, 3.05) is 6.54 Å². The summed E-state index contributed by atoms with van der Waals surface area (Å²) >= 11 is 0. The Morgan fingerprint density at radius 3 is 2.79 bits per heavy atom. The van der Waals surface area contributed by atoms with E-state index in [4.69, 9.17) is 4.52 Å². The molecule has 0 bridgehead atoms. The Kier molecular flexibility index (Phi) is 4.27. The van der Waals surface area contributed by atoms with Crippen molar-refractivity contribution >= 4 is 5.91 Å². The van der Waals surface area contributed by atoms with E-state index in [1.165, 1.54) is 12.8 Å². The van der Waals surface area contributed by atoms with Gasteiger partial charge in [-0.3, -0.25) is 4.79 Å². The van der Waals surface area contributed by atoms with Crippen molar-refractivity contribution in [3.05, 3.63) is 17.5 Å². The predicted molar refractivity (Wildman–Crippen MR) is 74.1 cm³/mol. The maximum Gasteiger partial charge on any atom is 0.276 e. The second kappa shape index (κ2) is 5.76. The molecule has 1 aliphatic heterocycles. The first-order chi connectivity index (χ1) is 8.99. The summed E-state index contributed by atoms with van der Waals surface area (Å²) in [6.45, 7) is 9.22. The first kappa shape index (κ1) is 14.1. The summed E-state index contributed by atoms with van der Waals surface area (Å²) in [5, 5.41) is 3.94. The predicted octanol–water partition coefficient (Wildman–Crippen LogP) is 3.45. The lowest BCUT2D eigenvalue weighted by atomic mass is 10.1. The Morgan fingerprint density at radius 2 is 2.16 bits per heavy atom. The topological polar surface area (TPSA) is 46.3 Å². The molecule has 4 nitrogen and oxygen atoms in total. The van der Waals surface area contributed by atoms with Gasteiger partial charge >= 0.3 is 0 Å². The minimum Gasteiger partial charge on any atom is -0.360 e. The van der Waals surface area contributed by atoms with Crippen molar-refractivity contribution in [1.29, 1.82) is 0 Å². The molecule has 0 spiro atoms. The van der Waals surface area contributed by atoms with Gasteiger partial charge in [-0.15, -0.1) is 0 Å². The molecule has 0 aliphatic carbocycles. The van der Waals surface area contributed by atoms with Crippen LogP contribution in [0.15, 0.2) is 10.6 Å². The van der Waals surface area contributed by atoms with Gasteiger partial charge in [0.15, 0.2) is 5.69 Å². The summed E-state index contributed by atoms with van der Waals surface area (Å²) in [5.74, 6) is 1.61. The number of hydrogen-bond acceptors (Lipinski definition) is 3. The number of hydrogen-bond donors (Lipinski definition) is 0. The molecule has 0 unspecified atom stereocenters. The first-order valence-corrected chi connectivity index (χ1v) is 7.26. The van der Waals surface area contributed by atoms with Crippen LogP contribution in [0.2, 0.25) is 0 Å². The standard InChI is InChI=1S/C15H24N2O2/c1-10(2)14-8-13(16-19-14)15(18)17-9-11(3)6-5-7-12(17)4/h8,10-12H,5-7,9H2,1-4H3/t11-,12-/m0/s1. The van der Waals surface area contributed by atoms with Crippen LogP contribution in [0.3, 0.4) is 0 Å². The number of nitrogens with zero attached hydrogens (tertiary/aromatic N) is 2. The summed E-state index contributed by atoms with van der Waals surface area (Å²) in [4.78, 5) is 14.5. The van der Waals surface area contributed by atoms with Crippen molar-refractivity contribution in [3.8, 4) is 0 Å². The molecular formula is C15H24N2O2. The lowest BCUT2D eigenvalue weighted by Gasteiger charge is -2.27. The summed E-state index contributed by atoms with van der Waals surface area (Å²) in [5.41, 5.74) is 0.449. The van der Waals surface area contributed by atoms with Crippen molar-refractivity contribution in [3.63, 3.8) is 0 Å². The minimum absolute atomic E-state index is 0.0110. The maximum atomic E-state index is 12.5. The second-order valence-corrected chi connectivity index (χ2v) is 6.11. The van der Waals surface area contributed by atoms with Gasteiger partial charge in [0, 0.05) is 24.6 Å². The smallest absolute Gasteiger partial charge is 0.276 e. The lowest BCUT2D eigenvalue weighted by molar-refractivity contribution is 0.0666. The van der Waals surface area contributed by atoms with Crippen LogP contribution in [-0.4, -0.2) is 28.6 Å². The van der Waals surface area contributed by atoms with Gasteiger partial charge in [-0.2, -0.15) is 0 Å². The second-order valence-electron chi connectivity index (χ2n) is 6.11. The average molecular weight is 264 g/mol. The van der Waals surface area contributed by atoms with Gasteiger partial charge in [0.25, 0.3) is 5.91 Å². The van der Waals surface area contributed by atoms with E-state index in [2.05, 4.69) is 19.0 Å². The van der Waals surface area contributed by atoms with Crippen LogP contribution < -0.4 is 0 Å². The van der Waals surface area contributed by atoms with Crippen LogP contribution in [0.5, 0.6) is 0 Å². The molecule has 1 fully saturated rings. The molecule has 4 heteroatoms. The summed E-state index contributed by atoms with van der Waals surface area (Å²) in [6.07, 6.45) is 3.47. The third kappa shape index (κ3) is 3.17. The fourth-order valence-corrected chi connectivity index (χ4v) is 2.62. The van der Waals surface area contributed by atoms with Crippen molar-refractivity contribution in [1.82, 2.24) is 10.1 Å². The molecule has 106 valence electrons. The summed E-state index contributed by atoms with van der Waals surface area (Å²) in [6, 6.07) is 2.08. The molecule has 1 aliphatic rings. The number of carbonyl (C=O) groups excluding carboxylic acids is 1. The Balaban J connectivity index is 2.16. The first-order valence-electron chi connectivity index (χ1n) is 7.26. The Morgan fingerprint density at radius 1 is 1.42 bits per heavy atom. The molecular weight excluding hydrogens is 240 g/mol. The minimum atomic E-state index is 0.0110. The van der Waals surface area contributed by atoms with Gasteiger partial charge in [-0.1, -0.05) is 32.3 Å². The van der Waals surface area contributed by atoms with E-state index in [-0.39, 0.29) is 17.9 Å². The van der Waals surface area contributed by atoms with Crippen molar-refractivity contribution in [2.24, 2.45) is 5.92 Å². The van der Waals surface area contributed by atoms with E-state index in [0.717, 1.165) is 18.7 Å². The van der Waals surface area contributed by atoms with Gasteiger partial charge in [0.1, 0.15) is 5.76 Å². The molecule has 2 heterocycles. The fraction of sp³-hybridized carbons (Fsp3) is 0.733. The van der Waals surface area contributed by atoms with Gasteiger partial charge in [-0.05, 0) is 25.7 Å². The molecule has 1 aromatic rings. The highest BCUT2D eigenvalue weighted by atomic mass is 16.5. The SMILES string of the molecule is CC(C)c1cc(C(=O)N2C[C@@H](C)CCC[C@@H]2C)no1. The highest BCUT2D eigenvalue weighted by molar-refractivity contribution is 5.92. The zero-order valence-electron chi connectivity index (χ0n) is 12.3. The molecule has 2 rings (SSSR count). The molecule has 0 aromatic carbocycles. The van der Waals surface area contributed by atoms with Crippen LogP contribution in [0.25, 0.3) is 0 Å². The van der Waals surface area contributed by atoms with E-state index in [1.54, 1.807) is 6.07 Å². The lowest BCUT2D eigenvalue weighted by Crippen LogP contribution is -2.40. The van der Waals surface area contributed by atoms with E-state index in [0.29, 0.717) is 11.6 Å². The summed E-state index contributed by atoms with van der Waals surface area (Å²) < 4.78 is 5.23.